The van der Waals surface area contributed by atoms with Gasteiger partial charge in [0.05, 0.1) is 10.5 Å². The number of carbonyl (C=O) groups excluding carboxylic acids is 1. The van der Waals surface area contributed by atoms with E-state index in [0.717, 1.165) is 11.1 Å². The highest BCUT2D eigenvalue weighted by atomic mass is 32.2. The molecule has 0 spiro atoms. The smallest absolute Gasteiger partial charge is 0.416 e. The lowest BCUT2D eigenvalue weighted by molar-refractivity contribution is -0.157. The van der Waals surface area contributed by atoms with Crippen LogP contribution in [0.15, 0.2) is 41.3 Å². The topological polar surface area (TPSA) is 81.7 Å². The van der Waals surface area contributed by atoms with Gasteiger partial charge in [-0.2, -0.15) is 13.2 Å². The number of rotatable bonds is 8. The number of hydrogen-bond acceptors (Lipinski definition) is 6. The van der Waals surface area contributed by atoms with Crippen LogP contribution in [0.2, 0.25) is 0 Å². The molecular formula is C26H30F5NO5S. The standard InChI is InChI=1S/C26H30F5NO5S/c1-24(2,3)37-23(33)14-36-22-10-6-7-19-20(22)8-5-9-21(19)32-15-38(34,35)18-12-16(25(4,27)28)11-17(13-18)26(29,30)31/h6-7,10-13,21,32H,5,8-9,14-15H2,1-4H3. The van der Waals surface area contributed by atoms with E-state index in [-0.39, 0.29) is 12.7 Å². The van der Waals surface area contributed by atoms with Gasteiger partial charge in [-0.1, -0.05) is 12.1 Å². The van der Waals surface area contributed by atoms with Gasteiger partial charge in [-0.15, -0.1) is 0 Å². The first-order valence-electron chi connectivity index (χ1n) is 11.9. The minimum atomic E-state index is -5.00. The molecule has 0 amide bonds. The van der Waals surface area contributed by atoms with Crippen LogP contribution in [0.3, 0.4) is 0 Å². The third-order valence-electron chi connectivity index (χ3n) is 5.85. The fraction of sp³-hybridized carbons (Fsp3) is 0.500. The lowest BCUT2D eigenvalue weighted by Gasteiger charge is -2.28. The lowest BCUT2D eigenvalue weighted by atomic mass is 9.87. The van der Waals surface area contributed by atoms with E-state index < -0.39 is 61.4 Å². The molecule has 0 saturated heterocycles. The Kier molecular flexibility index (Phi) is 8.47. The van der Waals surface area contributed by atoms with Gasteiger partial charge in [-0.05, 0) is 75.4 Å². The molecule has 0 aliphatic heterocycles. The zero-order valence-electron chi connectivity index (χ0n) is 21.4. The van der Waals surface area contributed by atoms with E-state index in [0.29, 0.717) is 44.1 Å². The number of halogens is 5. The van der Waals surface area contributed by atoms with E-state index in [9.17, 15) is 35.2 Å². The molecule has 1 unspecified atom stereocenters. The summed E-state index contributed by atoms with van der Waals surface area (Å²) in [5, 5.41) is 2.85. The van der Waals surface area contributed by atoms with E-state index in [2.05, 4.69) is 5.32 Å². The van der Waals surface area contributed by atoms with Crippen molar-refractivity contribution in [1.29, 1.82) is 0 Å². The Morgan fingerprint density at radius 2 is 1.68 bits per heavy atom. The molecule has 0 saturated carbocycles. The Labute approximate surface area is 218 Å². The number of esters is 1. The molecule has 0 heterocycles. The fourth-order valence-electron chi connectivity index (χ4n) is 4.16. The molecule has 0 bridgehead atoms. The van der Waals surface area contributed by atoms with Crippen molar-refractivity contribution in [3.8, 4) is 5.75 Å². The monoisotopic (exact) mass is 563 g/mol. The molecule has 0 aromatic heterocycles. The molecule has 1 atom stereocenters. The average molecular weight is 564 g/mol. The summed E-state index contributed by atoms with van der Waals surface area (Å²) >= 11 is 0. The highest BCUT2D eigenvalue weighted by molar-refractivity contribution is 7.91. The van der Waals surface area contributed by atoms with E-state index >= 15 is 0 Å². The first-order chi connectivity index (χ1) is 17.4. The van der Waals surface area contributed by atoms with Gasteiger partial charge < -0.3 is 9.47 Å². The molecule has 210 valence electrons. The van der Waals surface area contributed by atoms with Crippen molar-refractivity contribution in [3.63, 3.8) is 0 Å². The van der Waals surface area contributed by atoms with E-state index in [1.807, 2.05) is 0 Å². The van der Waals surface area contributed by atoms with Crippen LogP contribution in [0.1, 0.15) is 68.8 Å². The molecular weight excluding hydrogens is 533 g/mol. The molecule has 0 radical (unpaired) electrons. The van der Waals surface area contributed by atoms with Crippen LogP contribution in [-0.2, 0) is 37.9 Å². The SMILES string of the molecule is CC(C)(C)OC(=O)COc1cccc2c1CCCC2NCS(=O)(=O)c1cc(C(C)(F)F)cc(C(F)(F)F)c1. The van der Waals surface area contributed by atoms with Crippen molar-refractivity contribution in [2.45, 2.75) is 75.6 Å². The Bertz CT molecular complexity index is 1250. The van der Waals surface area contributed by atoms with Gasteiger partial charge in [0.15, 0.2) is 16.4 Å². The van der Waals surface area contributed by atoms with Crippen molar-refractivity contribution in [3.05, 3.63) is 58.7 Å². The summed E-state index contributed by atoms with van der Waals surface area (Å²) in [6.07, 6.45) is -3.23. The highest BCUT2D eigenvalue weighted by Crippen LogP contribution is 2.38. The van der Waals surface area contributed by atoms with Crippen molar-refractivity contribution in [2.75, 3.05) is 12.5 Å². The lowest BCUT2D eigenvalue weighted by Crippen LogP contribution is -2.31. The molecule has 1 N–H and O–H groups in total. The maximum atomic E-state index is 13.8. The van der Waals surface area contributed by atoms with Gasteiger partial charge in [0.25, 0.3) is 5.92 Å². The van der Waals surface area contributed by atoms with E-state index in [1.54, 1.807) is 39.0 Å². The van der Waals surface area contributed by atoms with Crippen molar-refractivity contribution < 1.29 is 44.6 Å². The van der Waals surface area contributed by atoms with Crippen LogP contribution >= 0.6 is 0 Å². The second kappa shape index (κ2) is 10.8. The minimum absolute atomic E-state index is 0.253. The van der Waals surface area contributed by atoms with Gasteiger partial charge in [0, 0.05) is 18.5 Å². The molecule has 2 aromatic carbocycles. The first-order valence-corrected chi connectivity index (χ1v) is 13.6. The number of ether oxygens (including phenoxy) is 2. The summed E-state index contributed by atoms with van der Waals surface area (Å²) in [6, 6.07) is 5.82. The molecule has 2 aromatic rings. The van der Waals surface area contributed by atoms with Crippen LogP contribution in [-0.4, -0.2) is 32.5 Å². The number of fused-ring (bicyclic) bond motifs is 1. The largest absolute Gasteiger partial charge is 0.482 e. The number of sulfone groups is 1. The Morgan fingerprint density at radius 3 is 2.29 bits per heavy atom. The van der Waals surface area contributed by atoms with Crippen LogP contribution in [0, 0.1) is 0 Å². The van der Waals surface area contributed by atoms with Crippen molar-refractivity contribution in [2.24, 2.45) is 0 Å². The molecule has 1 aliphatic carbocycles. The highest BCUT2D eigenvalue weighted by Gasteiger charge is 2.36. The Balaban J connectivity index is 1.81. The van der Waals surface area contributed by atoms with Crippen LogP contribution in [0.25, 0.3) is 0 Å². The summed E-state index contributed by atoms with van der Waals surface area (Å²) < 4.78 is 104. The molecule has 1 aliphatic rings. The summed E-state index contributed by atoms with van der Waals surface area (Å²) in [5.41, 5.74) is -1.70. The molecule has 38 heavy (non-hydrogen) atoms. The van der Waals surface area contributed by atoms with Crippen LogP contribution < -0.4 is 10.1 Å². The van der Waals surface area contributed by atoms with Crippen LogP contribution in [0.4, 0.5) is 22.0 Å². The molecule has 6 nitrogen and oxygen atoms in total. The fourth-order valence-corrected chi connectivity index (χ4v) is 5.36. The summed E-state index contributed by atoms with van der Waals surface area (Å²) in [7, 11) is -4.41. The maximum absolute atomic E-state index is 13.8. The Hall–Kier alpha value is -2.73. The normalized spacial score (nSPS) is 16.6. The predicted molar refractivity (Wildman–Crippen MR) is 130 cm³/mol. The minimum Gasteiger partial charge on any atom is -0.482 e. The third-order valence-corrected chi connectivity index (χ3v) is 7.35. The second-order valence-corrected chi connectivity index (χ2v) is 12.2. The van der Waals surface area contributed by atoms with Crippen molar-refractivity contribution >= 4 is 15.8 Å². The molecule has 12 heteroatoms. The number of hydrogen-bond donors (Lipinski definition) is 1. The van der Waals surface area contributed by atoms with Crippen molar-refractivity contribution in [1.82, 2.24) is 5.32 Å². The molecule has 3 rings (SSSR count). The first kappa shape index (κ1) is 29.8. The summed E-state index contributed by atoms with van der Waals surface area (Å²) in [6.45, 7) is 5.27. The summed E-state index contributed by atoms with van der Waals surface area (Å²) in [4.78, 5) is 11.2. The quantitative estimate of drug-likeness (QED) is 0.317. The maximum Gasteiger partial charge on any atom is 0.416 e. The molecule has 0 fully saturated rings. The van der Waals surface area contributed by atoms with Crippen LogP contribution in [0.5, 0.6) is 5.75 Å². The number of carbonyl (C=O) groups is 1. The van der Waals surface area contributed by atoms with E-state index in [4.69, 9.17) is 9.47 Å². The van der Waals surface area contributed by atoms with E-state index in [1.165, 1.54) is 0 Å². The predicted octanol–water partition coefficient (Wildman–Crippen LogP) is 5.94. The number of benzene rings is 2. The number of alkyl halides is 5. The number of nitrogens with one attached hydrogen (secondary N) is 1. The van der Waals surface area contributed by atoms with Gasteiger partial charge in [-0.25, -0.2) is 22.0 Å². The van der Waals surface area contributed by atoms with Gasteiger partial charge in [-0.3, -0.25) is 5.32 Å². The zero-order chi connectivity index (χ0) is 28.5. The summed E-state index contributed by atoms with van der Waals surface area (Å²) in [5.74, 6) is -4.55. The van der Waals surface area contributed by atoms with Gasteiger partial charge in [0.1, 0.15) is 17.2 Å². The van der Waals surface area contributed by atoms with Gasteiger partial charge in [0.2, 0.25) is 0 Å². The third kappa shape index (κ3) is 7.66. The zero-order valence-corrected chi connectivity index (χ0v) is 22.2. The second-order valence-electron chi connectivity index (χ2n) is 10.2. The van der Waals surface area contributed by atoms with Gasteiger partial charge >= 0.3 is 12.1 Å². The average Bonchev–Trinajstić information content (AvgIpc) is 2.79. The Morgan fingerprint density at radius 1 is 1.03 bits per heavy atom.